The summed E-state index contributed by atoms with van der Waals surface area (Å²) >= 11 is 1.64. The van der Waals surface area contributed by atoms with Gasteiger partial charge in [-0.3, -0.25) is 19.8 Å². The molecule has 7 rings (SSSR count). The molecule has 1 saturated heterocycles. The number of nitrogens with zero attached hydrogens (tertiary/aromatic N) is 4. The lowest BCUT2D eigenvalue weighted by Crippen LogP contribution is -2.54. The van der Waals surface area contributed by atoms with Gasteiger partial charge in [-0.25, -0.2) is 13.1 Å². The van der Waals surface area contributed by atoms with Gasteiger partial charge in [-0.1, -0.05) is 72.8 Å². The summed E-state index contributed by atoms with van der Waals surface area (Å²) in [5.74, 6) is -0.138. The number of rotatable bonds is 15. The van der Waals surface area contributed by atoms with E-state index in [0.29, 0.717) is 18.2 Å². The Morgan fingerprint density at radius 2 is 1.67 bits per heavy atom. The van der Waals surface area contributed by atoms with Crippen LogP contribution in [-0.2, 0) is 23.0 Å². The Morgan fingerprint density at radius 1 is 0.930 bits per heavy atom. The lowest BCUT2D eigenvalue weighted by Gasteiger charge is -2.46. The van der Waals surface area contributed by atoms with Crippen molar-refractivity contribution >= 4 is 44.8 Å². The molecular formula is C44H48N6O5S2. The van der Waals surface area contributed by atoms with Gasteiger partial charge < -0.3 is 15.1 Å². The van der Waals surface area contributed by atoms with E-state index in [2.05, 4.69) is 68.4 Å². The number of anilines is 2. The third-order valence-electron chi connectivity index (χ3n) is 10.6. The molecule has 0 spiro atoms. The Morgan fingerprint density at radius 3 is 2.42 bits per heavy atom. The number of nitro groups is 1. The molecule has 0 saturated carbocycles. The number of hydrogen-bond acceptors (Lipinski definition) is 10. The number of carbonyl (C=O) groups excluding carboxylic acids is 1. The minimum Gasteiger partial charge on any atom is -0.376 e. The van der Waals surface area contributed by atoms with Crippen LogP contribution >= 0.6 is 11.8 Å². The molecule has 296 valence electrons. The molecule has 5 aromatic carbocycles. The number of piperazine rings is 1. The van der Waals surface area contributed by atoms with Crippen LogP contribution in [0.15, 0.2) is 131 Å². The third kappa shape index (κ3) is 9.85. The second kappa shape index (κ2) is 17.9. The van der Waals surface area contributed by atoms with Crippen molar-refractivity contribution in [3.8, 4) is 11.1 Å². The van der Waals surface area contributed by atoms with Crippen molar-refractivity contribution in [1.29, 1.82) is 0 Å². The number of thioether (sulfide) groups is 1. The Balaban J connectivity index is 1.00. The molecule has 2 N–H and O–H groups in total. The number of nitro benzene ring substituents is 1. The fourth-order valence-corrected chi connectivity index (χ4v) is 9.68. The minimum absolute atomic E-state index is 0.135. The molecule has 2 heterocycles. The maximum absolute atomic E-state index is 13.5. The van der Waals surface area contributed by atoms with Crippen LogP contribution in [0.25, 0.3) is 11.1 Å². The van der Waals surface area contributed by atoms with Crippen LogP contribution in [0.4, 0.5) is 17.1 Å². The maximum Gasteiger partial charge on any atom is 0.293 e. The SMILES string of the molecule is CN(C)CC[C@H](CSc1ccccc1)Nc1ccc(S(=O)(=O)NC(=O)c2ccc3c(c2)CC[C@H]2CN(Cc4ccccc4-c4ccccc4)CCN32)cc1[N+](=O)[O-]. The number of nitrogens with one attached hydrogen (secondary N) is 2. The number of benzene rings is 5. The Hall–Kier alpha value is -5.21. The fourth-order valence-electron chi connectivity index (χ4n) is 7.69. The van der Waals surface area contributed by atoms with E-state index in [4.69, 9.17) is 0 Å². The lowest BCUT2D eigenvalue weighted by molar-refractivity contribution is -0.384. The van der Waals surface area contributed by atoms with E-state index in [0.717, 1.165) is 67.8 Å². The van der Waals surface area contributed by atoms with Gasteiger partial charge in [0, 0.05) is 66.2 Å². The summed E-state index contributed by atoms with van der Waals surface area (Å²) in [6.07, 6.45) is 2.39. The van der Waals surface area contributed by atoms with Crippen LogP contribution in [0.5, 0.6) is 0 Å². The molecule has 0 bridgehead atoms. The van der Waals surface area contributed by atoms with Gasteiger partial charge in [0.15, 0.2) is 0 Å². The number of hydrogen-bond donors (Lipinski definition) is 2. The van der Waals surface area contributed by atoms with E-state index in [1.807, 2.05) is 61.5 Å². The topological polar surface area (TPSA) is 128 Å². The summed E-state index contributed by atoms with van der Waals surface area (Å²) in [6, 6.07) is 38.2. The minimum atomic E-state index is -4.43. The molecule has 1 fully saturated rings. The van der Waals surface area contributed by atoms with Gasteiger partial charge >= 0.3 is 0 Å². The Kier molecular flexibility index (Phi) is 12.6. The second-order valence-electron chi connectivity index (χ2n) is 14.9. The van der Waals surface area contributed by atoms with Crippen LogP contribution in [0.2, 0.25) is 0 Å². The van der Waals surface area contributed by atoms with Crippen LogP contribution in [-0.4, -0.2) is 87.2 Å². The van der Waals surface area contributed by atoms with E-state index in [1.165, 1.54) is 28.8 Å². The Labute approximate surface area is 339 Å². The summed E-state index contributed by atoms with van der Waals surface area (Å²) in [7, 11) is -0.497. The van der Waals surface area contributed by atoms with E-state index >= 15 is 0 Å². The number of aryl methyl sites for hydroxylation is 1. The predicted octanol–water partition coefficient (Wildman–Crippen LogP) is 7.54. The van der Waals surface area contributed by atoms with Gasteiger partial charge in [0.2, 0.25) is 0 Å². The average Bonchev–Trinajstić information content (AvgIpc) is 3.22. The lowest BCUT2D eigenvalue weighted by atomic mass is 9.92. The van der Waals surface area contributed by atoms with Gasteiger partial charge in [-0.2, -0.15) is 0 Å². The van der Waals surface area contributed by atoms with Crippen molar-refractivity contribution in [1.82, 2.24) is 14.5 Å². The standard InChI is InChI=1S/C44H48N6O5S2/c1-47(2)24-23-36(31-56-38-14-7-4-8-15-38)45-41-21-20-39(28-43(41)50(52)53)57(54,55)46-44(51)34-18-22-42-33(27-34)17-19-37-30-48(25-26-49(37)42)29-35-13-9-10-16-40(35)32-11-5-3-6-12-32/h3-16,18,20-22,27-28,36-37,45H,17,19,23-26,29-31H2,1-2H3,(H,46,51)/t36-,37+/m1/s1. The molecule has 57 heavy (non-hydrogen) atoms. The molecule has 0 unspecified atom stereocenters. The van der Waals surface area contributed by atoms with Gasteiger partial charge in [0.1, 0.15) is 5.69 Å². The quantitative estimate of drug-likeness (QED) is 0.0623. The zero-order valence-electron chi connectivity index (χ0n) is 32.2. The van der Waals surface area contributed by atoms with E-state index in [-0.39, 0.29) is 27.9 Å². The average molecular weight is 805 g/mol. The highest BCUT2D eigenvalue weighted by Crippen LogP contribution is 2.35. The molecule has 2 aliphatic heterocycles. The normalized spacial score (nSPS) is 16.1. The highest BCUT2D eigenvalue weighted by Gasteiger charge is 2.33. The first-order valence-electron chi connectivity index (χ1n) is 19.2. The molecular weight excluding hydrogens is 757 g/mol. The third-order valence-corrected chi connectivity index (χ3v) is 13.1. The van der Waals surface area contributed by atoms with Gasteiger partial charge in [0.05, 0.1) is 9.82 Å². The highest BCUT2D eigenvalue weighted by molar-refractivity contribution is 7.99. The fraction of sp³-hybridized carbons (Fsp3) is 0.295. The molecule has 13 heteroatoms. The zero-order valence-corrected chi connectivity index (χ0v) is 33.8. The smallest absolute Gasteiger partial charge is 0.293 e. The van der Waals surface area contributed by atoms with Crippen LogP contribution < -0.4 is 14.9 Å². The van der Waals surface area contributed by atoms with E-state index in [9.17, 15) is 23.3 Å². The van der Waals surface area contributed by atoms with Crippen LogP contribution in [0.1, 0.15) is 34.3 Å². The number of carbonyl (C=O) groups is 1. The van der Waals surface area contributed by atoms with Gasteiger partial charge in [-0.05, 0) is 105 Å². The van der Waals surface area contributed by atoms with Crippen molar-refractivity contribution in [3.05, 3.63) is 148 Å². The summed E-state index contributed by atoms with van der Waals surface area (Å²) in [4.78, 5) is 32.8. The summed E-state index contributed by atoms with van der Waals surface area (Å²) in [6.45, 7) is 4.28. The number of fused-ring (bicyclic) bond motifs is 3. The molecule has 0 radical (unpaired) electrons. The first-order valence-corrected chi connectivity index (χ1v) is 21.7. The molecule has 2 aliphatic rings. The molecule has 0 aliphatic carbocycles. The largest absolute Gasteiger partial charge is 0.376 e. The number of sulfonamides is 1. The van der Waals surface area contributed by atoms with E-state index in [1.54, 1.807) is 23.9 Å². The second-order valence-corrected chi connectivity index (χ2v) is 17.7. The monoisotopic (exact) mass is 804 g/mol. The van der Waals surface area contributed by atoms with Crippen LogP contribution in [0.3, 0.4) is 0 Å². The molecule has 2 atom stereocenters. The Bertz CT molecular complexity index is 2310. The van der Waals surface area contributed by atoms with Crippen molar-refractivity contribution in [2.24, 2.45) is 0 Å². The summed E-state index contributed by atoms with van der Waals surface area (Å²) in [5.41, 5.74) is 5.90. The molecule has 1 amide bonds. The molecule has 5 aromatic rings. The highest BCUT2D eigenvalue weighted by atomic mass is 32.2. The molecule has 11 nitrogen and oxygen atoms in total. The zero-order chi connectivity index (χ0) is 39.9. The van der Waals surface area contributed by atoms with Crippen molar-refractivity contribution < 1.29 is 18.1 Å². The van der Waals surface area contributed by atoms with Crippen LogP contribution in [0, 0.1) is 10.1 Å². The van der Waals surface area contributed by atoms with E-state index < -0.39 is 20.9 Å². The molecule has 0 aromatic heterocycles. The van der Waals surface area contributed by atoms with Crippen molar-refractivity contribution in [3.63, 3.8) is 0 Å². The predicted molar refractivity (Wildman–Crippen MR) is 229 cm³/mol. The maximum atomic E-state index is 13.5. The van der Waals surface area contributed by atoms with Gasteiger partial charge in [0.25, 0.3) is 21.6 Å². The first kappa shape index (κ1) is 40.0. The summed E-state index contributed by atoms with van der Waals surface area (Å²) < 4.78 is 29.2. The number of amides is 1. The summed E-state index contributed by atoms with van der Waals surface area (Å²) in [5, 5.41) is 15.5. The first-order chi connectivity index (χ1) is 27.5. The van der Waals surface area contributed by atoms with Gasteiger partial charge in [-0.15, -0.1) is 11.8 Å². The van der Waals surface area contributed by atoms with Crippen molar-refractivity contribution in [2.75, 3.05) is 56.2 Å². The van der Waals surface area contributed by atoms with Crippen molar-refractivity contribution in [2.45, 2.75) is 47.7 Å².